The summed E-state index contributed by atoms with van der Waals surface area (Å²) in [6.45, 7) is 4.38. The highest BCUT2D eigenvalue weighted by atomic mass is 32.1. The van der Waals surface area contributed by atoms with E-state index in [0.717, 1.165) is 11.1 Å². The van der Waals surface area contributed by atoms with E-state index in [1.165, 1.54) is 17.4 Å². The van der Waals surface area contributed by atoms with Crippen molar-refractivity contribution < 1.29 is 13.9 Å². The summed E-state index contributed by atoms with van der Waals surface area (Å²) >= 11 is 1.22. The minimum absolute atomic E-state index is 0.0119. The lowest BCUT2D eigenvalue weighted by atomic mass is 10.1. The van der Waals surface area contributed by atoms with Crippen molar-refractivity contribution >= 4 is 27.4 Å². The Balaban J connectivity index is 1.80. The summed E-state index contributed by atoms with van der Waals surface area (Å²) in [7, 11) is 0. The van der Waals surface area contributed by atoms with E-state index in [-0.39, 0.29) is 12.4 Å². The van der Waals surface area contributed by atoms with Gasteiger partial charge in [0.25, 0.3) is 0 Å². The number of fused-ring (bicyclic) bond motifs is 1. The van der Waals surface area contributed by atoms with E-state index < -0.39 is 5.97 Å². The van der Waals surface area contributed by atoms with Crippen molar-refractivity contribution in [3.05, 3.63) is 40.3 Å². The fourth-order valence-corrected chi connectivity index (χ4v) is 3.47. The van der Waals surface area contributed by atoms with Gasteiger partial charge in [0, 0.05) is 16.6 Å². The van der Waals surface area contributed by atoms with Crippen LogP contribution in [-0.4, -0.2) is 26.2 Å². The number of aromatic nitrogens is 4. The number of thiophene rings is 1. The molecule has 120 valence electrons. The monoisotopic (exact) mass is 334 g/mol. The second-order valence-corrected chi connectivity index (χ2v) is 6.12. The third-order valence-corrected chi connectivity index (χ3v) is 4.70. The number of hydrogen-bond donors (Lipinski definition) is 0. The van der Waals surface area contributed by atoms with Gasteiger partial charge in [-0.05, 0) is 41.5 Å². The fraction of sp³-hybridized carbons (Fsp3) is 0.333. The van der Waals surface area contributed by atoms with Crippen molar-refractivity contribution in [3.8, 4) is 0 Å². The van der Waals surface area contributed by atoms with Crippen molar-refractivity contribution in [2.45, 2.75) is 33.4 Å². The van der Waals surface area contributed by atoms with Crippen molar-refractivity contribution in [3.63, 3.8) is 0 Å². The summed E-state index contributed by atoms with van der Waals surface area (Å²) in [4.78, 5) is 12.7. The maximum absolute atomic E-state index is 13.9. The number of nitrogens with zero attached hydrogens (tertiary/aromatic N) is 4. The Morgan fingerprint density at radius 3 is 3.00 bits per heavy atom. The van der Waals surface area contributed by atoms with Gasteiger partial charge >= 0.3 is 5.97 Å². The molecule has 0 saturated heterocycles. The van der Waals surface area contributed by atoms with Gasteiger partial charge in [-0.25, -0.2) is 13.9 Å². The Kier molecular flexibility index (Phi) is 4.33. The molecule has 0 bridgehead atoms. The summed E-state index contributed by atoms with van der Waals surface area (Å²) in [6.07, 6.45) is 0.876. The number of hydrogen-bond acceptors (Lipinski definition) is 6. The molecule has 2 heterocycles. The Morgan fingerprint density at radius 1 is 1.43 bits per heavy atom. The lowest BCUT2D eigenvalue weighted by Crippen LogP contribution is -2.10. The Hall–Kier alpha value is -2.35. The molecule has 3 rings (SSSR count). The maximum Gasteiger partial charge on any atom is 0.349 e. The van der Waals surface area contributed by atoms with Gasteiger partial charge in [0.1, 0.15) is 10.7 Å². The highest BCUT2D eigenvalue weighted by Crippen LogP contribution is 2.33. The van der Waals surface area contributed by atoms with Gasteiger partial charge in [0.2, 0.25) is 0 Å². The van der Waals surface area contributed by atoms with Crippen LogP contribution in [0.5, 0.6) is 0 Å². The number of esters is 1. The van der Waals surface area contributed by atoms with Gasteiger partial charge in [0.15, 0.2) is 12.4 Å². The van der Waals surface area contributed by atoms with E-state index in [0.29, 0.717) is 28.2 Å². The van der Waals surface area contributed by atoms with Crippen molar-refractivity contribution in [2.24, 2.45) is 0 Å². The van der Waals surface area contributed by atoms with Crippen molar-refractivity contribution in [1.82, 2.24) is 20.2 Å². The number of aryl methyl sites for hydroxylation is 2. The molecule has 3 aromatic rings. The van der Waals surface area contributed by atoms with Crippen molar-refractivity contribution in [1.29, 1.82) is 0 Å². The van der Waals surface area contributed by atoms with Gasteiger partial charge in [-0.15, -0.1) is 16.4 Å². The fourth-order valence-electron chi connectivity index (χ4n) is 2.36. The average molecular weight is 334 g/mol. The zero-order chi connectivity index (χ0) is 16.4. The standard InChI is InChI=1S/C15H15FN4O2S/c1-3-7-20-12(17-18-19-20)8-22-15(21)14-9(2)13-10(16)5-4-6-11(13)23-14/h4-6H,3,7-8H2,1-2H3. The van der Waals surface area contributed by atoms with Gasteiger partial charge < -0.3 is 4.74 Å². The number of tetrazole rings is 1. The molecule has 2 aromatic heterocycles. The predicted octanol–water partition coefficient (Wildman–Crippen LogP) is 3.10. The molecule has 0 aliphatic carbocycles. The van der Waals surface area contributed by atoms with Crippen LogP contribution in [0.4, 0.5) is 4.39 Å². The predicted molar refractivity (Wildman–Crippen MR) is 83.7 cm³/mol. The van der Waals surface area contributed by atoms with E-state index in [2.05, 4.69) is 15.5 Å². The summed E-state index contributed by atoms with van der Waals surface area (Å²) in [5.41, 5.74) is 0.598. The van der Waals surface area contributed by atoms with E-state index >= 15 is 0 Å². The molecule has 1 aromatic carbocycles. The molecule has 0 N–H and O–H groups in total. The molecule has 0 atom stereocenters. The Morgan fingerprint density at radius 2 is 2.26 bits per heavy atom. The number of rotatable bonds is 5. The zero-order valence-electron chi connectivity index (χ0n) is 12.7. The molecule has 0 unspecified atom stereocenters. The first-order valence-corrected chi connectivity index (χ1v) is 8.03. The summed E-state index contributed by atoms with van der Waals surface area (Å²) in [5.74, 6) is -0.332. The van der Waals surface area contributed by atoms with Crippen LogP contribution in [0.15, 0.2) is 18.2 Å². The summed E-state index contributed by atoms with van der Waals surface area (Å²) in [5, 5.41) is 11.7. The second kappa shape index (κ2) is 6.41. The lowest BCUT2D eigenvalue weighted by molar-refractivity contribution is 0.0461. The highest BCUT2D eigenvalue weighted by molar-refractivity contribution is 7.21. The molecular weight excluding hydrogens is 319 g/mol. The van der Waals surface area contributed by atoms with Crippen LogP contribution in [-0.2, 0) is 17.9 Å². The van der Waals surface area contributed by atoms with Crippen LogP contribution in [0.25, 0.3) is 10.1 Å². The molecule has 23 heavy (non-hydrogen) atoms. The first kappa shape index (κ1) is 15.5. The molecule has 0 aliphatic heterocycles. The Labute approximate surface area is 135 Å². The molecule has 6 nitrogen and oxygen atoms in total. The number of halogens is 1. The third kappa shape index (κ3) is 2.94. The van der Waals surface area contributed by atoms with Crippen molar-refractivity contribution in [2.75, 3.05) is 0 Å². The average Bonchev–Trinajstić information content (AvgIpc) is 3.11. The lowest BCUT2D eigenvalue weighted by Gasteiger charge is -2.04. The minimum Gasteiger partial charge on any atom is -0.453 e. The normalized spacial score (nSPS) is 11.1. The van der Waals surface area contributed by atoms with Crippen LogP contribution >= 0.6 is 11.3 Å². The molecule has 0 saturated carbocycles. The quantitative estimate of drug-likeness (QED) is 0.671. The third-order valence-electron chi connectivity index (χ3n) is 3.46. The molecule has 8 heteroatoms. The summed E-state index contributed by atoms with van der Waals surface area (Å²) < 4.78 is 21.5. The second-order valence-electron chi connectivity index (χ2n) is 5.06. The number of benzene rings is 1. The molecule has 0 radical (unpaired) electrons. The molecule has 0 spiro atoms. The van der Waals surface area contributed by atoms with E-state index in [4.69, 9.17) is 4.74 Å². The Bertz CT molecular complexity index is 858. The molecule has 0 fully saturated rings. The first-order chi connectivity index (χ1) is 11.1. The van der Waals surface area contributed by atoms with Gasteiger partial charge in [-0.2, -0.15) is 0 Å². The van der Waals surface area contributed by atoms with Crippen LogP contribution in [0.3, 0.4) is 0 Å². The van der Waals surface area contributed by atoms with Gasteiger partial charge in [0.05, 0.1) is 0 Å². The molecule has 0 amide bonds. The van der Waals surface area contributed by atoms with Crippen LogP contribution in [0, 0.1) is 12.7 Å². The number of carbonyl (C=O) groups is 1. The first-order valence-electron chi connectivity index (χ1n) is 7.21. The van der Waals surface area contributed by atoms with Gasteiger partial charge in [-0.3, -0.25) is 0 Å². The van der Waals surface area contributed by atoms with E-state index in [1.807, 2.05) is 6.92 Å². The smallest absolute Gasteiger partial charge is 0.349 e. The molecule has 0 aliphatic rings. The summed E-state index contributed by atoms with van der Waals surface area (Å²) in [6, 6.07) is 4.80. The van der Waals surface area contributed by atoms with Crippen LogP contribution < -0.4 is 0 Å². The largest absolute Gasteiger partial charge is 0.453 e. The molecular formula is C15H15FN4O2S. The number of carbonyl (C=O) groups excluding carboxylic acids is 1. The van der Waals surface area contributed by atoms with Gasteiger partial charge in [-0.1, -0.05) is 13.0 Å². The van der Waals surface area contributed by atoms with Crippen LogP contribution in [0.1, 0.15) is 34.4 Å². The SMILES string of the molecule is CCCn1nnnc1COC(=O)c1sc2cccc(F)c2c1C. The zero-order valence-corrected chi connectivity index (χ0v) is 13.6. The minimum atomic E-state index is -0.492. The van der Waals surface area contributed by atoms with E-state index in [1.54, 1.807) is 23.7 Å². The highest BCUT2D eigenvalue weighted by Gasteiger charge is 2.19. The topological polar surface area (TPSA) is 69.9 Å². The number of ether oxygens (including phenoxy) is 1. The van der Waals surface area contributed by atoms with Crippen LogP contribution in [0.2, 0.25) is 0 Å². The van der Waals surface area contributed by atoms with E-state index in [9.17, 15) is 9.18 Å². The maximum atomic E-state index is 13.9.